The zero-order valence-corrected chi connectivity index (χ0v) is 27.8. The number of fused-ring (bicyclic) bond motifs is 7. The highest BCUT2D eigenvalue weighted by molar-refractivity contribution is 5.79. The van der Waals surface area contributed by atoms with Crippen LogP contribution in [0.5, 0.6) is 0 Å². The summed E-state index contributed by atoms with van der Waals surface area (Å²) in [5, 5.41) is 75.4. The van der Waals surface area contributed by atoms with Crippen molar-refractivity contribution in [1.82, 2.24) is 0 Å². The van der Waals surface area contributed by atoms with Crippen LogP contribution in [0.4, 0.5) is 0 Å². The first kappa shape index (κ1) is 33.8. The molecule has 0 aromatic rings. The summed E-state index contributed by atoms with van der Waals surface area (Å²) in [6.07, 6.45) is -1.29. The third-order valence-corrected chi connectivity index (χ3v) is 14.7. The molecule has 0 spiro atoms. The largest absolute Gasteiger partial charge is 0.432 e. The minimum atomic E-state index is -1.55. The zero-order valence-electron chi connectivity index (χ0n) is 27.8. The molecule has 4 saturated carbocycles. The molecule has 0 amide bonds. The standard InChI is InChI=1S/C35H56O10/c1-30(2)9-11-35(29(43)45-28-25(41)24(40)22(39)16-44-28)12-10-33(5)18(19(35)13-30)7-8-23-31(3)14-21(38)27(42)32(4,17-36)26(31)20(37)15-34(23,33)6/h7,19-28,36-42H,8-17H2,1-6H3. The molecule has 15 atom stereocenters. The maximum absolute atomic E-state index is 14.3. The Balaban J connectivity index is 1.39. The zero-order chi connectivity index (χ0) is 33.1. The Morgan fingerprint density at radius 3 is 2.20 bits per heavy atom. The molecule has 6 rings (SSSR count). The number of rotatable bonds is 3. The van der Waals surface area contributed by atoms with Crippen molar-refractivity contribution < 1.29 is 50.0 Å². The lowest BCUT2D eigenvalue weighted by atomic mass is 9.33. The number of aliphatic hydroxyl groups is 7. The van der Waals surface area contributed by atoms with Crippen LogP contribution in [0.1, 0.15) is 92.9 Å². The molecule has 15 unspecified atom stereocenters. The molecule has 0 aromatic carbocycles. The number of allylic oxidation sites excluding steroid dienone is 2. The summed E-state index contributed by atoms with van der Waals surface area (Å²) in [6, 6.07) is 0. The predicted octanol–water partition coefficient (Wildman–Crippen LogP) is 2.05. The maximum atomic E-state index is 14.3. The lowest BCUT2D eigenvalue weighted by molar-refractivity contribution is -0.277. The lowest BCUT2D eigenvalue weighted by Gasteiger charge is -2.72. The fraction of sp³-hybridized carbons (Fsp3) is 0.914. The fourth-order valence-corrected chi connectivity index (χ4v) is 12.0. The molecule has 5 aliphatic carbocycles. The Labute approximate surface area is 266 Å². The molecule has 0 radical (unpaired) electrons. The molecule has 1 saturated heterocycles. The first-order valence-corrected chi connectivity index (χ1v) is 17.0. The number of esters is 1. The highest BCUT2D eigenvalue weighted by Gasteiger charge is 2.72. The van der Waals surface area contributed by atoms with Crippen molar-refractivity contribution in [2.24, 2.45) is 50.2 Å². The maximum Gasteiger partial charge on any atom is 0.315 e. The Morgan fingerprint density at radius 1 is 0.867 bits per heavy atom. The van der Waals surface area contributed by atoms with E-state index in [-0.39, 0.29) is 41.3 Å². The van der Waals surface area contributed by atoms with E-state index >= 15 is 0 Å². The first-order chi connectivity index (χ1) is 20.8. The third kappa shape index (κ3) is 4.52. The SMILES string of the molecule is CC1(C)CCC2(C(=O)OC3OCC(O)C(O)C3O)CCC3(C)C(=CCC4C5(C)CC(O)C(O)C(C)(CO)C5C(O)CC43C)C2C1. The summed E-state index contributed by atoms with van der Waals surface area (Å²) in [4.78, 5) is 14.3. The number of carbonyl (C=O) groups is 1. The van der Waals surface area contributed by atoms with E-state index in [0.29, 0.717) is 38.5 Å². The van der Waals surface area contributed by atoms with Crippen LogP contribution in [0.25, 0.3) is 0 Å². The van der Waals surface area contributed by atoms with Crippen LogP contribution in [-0.2, 0) is 14.3 Å². The van der Waals surface area contributed by atoms with Gasteiger partial charge in [-0.1, -0.05) is 53.2 Å². The van der Waals surface area contributed by atoms with Gasteiger partial charge in [0.05, 0.1) is 36.9 Å². The van der Waals surface area contributed by atoms with Gasteiger partial charge in [-0.2, -0.15) is 0 Å². The van der Waals surface area contributed by atoms with Gasteiger partial charge in [0.1, 0.15) is 18.3 Å². The second-order valence-electron chi connectivity index (χ2n) is 17.6. The summed E-state index contributed by atoms with van der Waals surface area (Å²) < 4.78 is 11.3. The van der Waals surface area contributed by atoms with E-state index in [9.17, 15) is 40.5 Å². The fourth-order valence-electron chi connectivity index (χ4n) is 12.0. The minimum absolute atomic E-state index is 0.0256. The van der Waals surface area contributed by atoms with Crippen LogP contribution in [0, 0.1) is 50.2 Å². The van der Waals surface area contributed by atoms with E-state index in [1.807, 2.05) is 0 Å². The van der Waals surface area contributed by atoms with Gasteiger partial charge >= 0.3 is 5.97 Å². The molecule has 256 valence electrons. The Kier molecular flexibility index (Phi) is 8.03. The molecule has 7 N–H and O–H groups in total. The molecule has 10 nitrogen and oxygen atoms in total. The smallest absolute Gasteiger partial charge is 0.315 e. The lowest BCUT2D eigenvalue weighted by Crippen LogP contribution is -2.71. The van der Waals surface area contributed by atoms with E-state index < -0.39 is 71.0 Å². The van der Waals surface area contributed by atoms with Crippen molar-refractivity contribution >= 4 is 5.97 Å². The average Bonchev–Trinajstić information content (AvgIpc) is 2.96. The average molecular weight is 637 g/mol. The van der Waals surface area contributed by atoms with Gasteiger partial charge in [-0.25, -0.2) is 0 Å². The number of aliphatic hydroxyl groups excluding tert-OH is 7. The quantitative estimate of drug-likeness (QED) is 0.179. The third-order valence-electron chi connectivity index (χ3n) is 14.7. The molecule has 10 heteroatoms. The van der Waals surface area contributed by atoms with E-state index in [1.54, 1.807) is 6.92 Å². The molecule has 0 bridgehead atoms. The van der Waals surface area contributed by atoms with Crippen LogP contribution in [0.15, 0.2) is 11.6 Å². The Hall–Kier alpha value is -1.11. The van der Waals surface area contributed by atoms with Crippen LogP contribution >= 0.6 is 0 Å². The number of carbonyl (C=O) groups excluding carboxylic acids is 1. The highest BCUT2D eigenvalue weighted by Crippen LogP contribution is 2.75. The van der Waals surface area contributed by atoms with Gasteiger partial charge in [-0.05, 0) is 84.9 Å². The molecular weight excluding hydrogens is 580 g/mol. The van der Waals surface area contributed by atoms with Crippen LogP contribution in [0.3, 0.4) is 0 Å². The van der Waals surface area contributed by atoms with Crippen LogP contribution < -0.4 is 0 Å². The summed E-state index contributed by atoms with van der Waals surface area (Å²) >= 11 is 0. The van der Waals surface area contributed by atoms with Crippen molar-refractivity contribution in [1.29, 1.82) is 0 Å². The highest BCUT2D eigenvalue weighted by atomic mass is 16.7. The van der Waals surface area contributed by atoms with E-state index in [1.165, 1.54) is 5.57 Å². The first-order valence-electron chi connectivity index (χ1n) is 17.0. The molecule has 6 aliphatic rings. The molecule has 1 aliphatic heterocycles. The Bertz CT molecular complexity index is 1220. The van der Waals surface area contributed by atoms with E-state index in [4.69, 9.17) is 9.47 Å². The Morgan fingerprint density at radius 2 is 1.53 bits per heavy atom. The van der Waals surface area contributed by atoms with Crippen LogP contribution in [-0.4, -0.2) is 97.8 Å². The number of ether oxygens (including phenoxy) is 2. The van der Waals surface area contributed by atoms with Gasteiger partial charge < -0.3 is 45.2 Å². The summed E-state index contributed by atoms with van der Waals surface area (Å²) in [6.45, 7) is 12.3. The monoisotopic (exact) mass is 636 g/mol. The van der Waals surface area contributed by atoms with Crippen molar-refractivity contribution in [3.05, 3.63) is 11.6 Å². The van der Waals surface area contributed by atoms with Gasteiger partial charge in [0, 0.05) is 11.3 Å². The van der Waals surface area contributed by atoms with Crippen molar-refractivity contribution in [2.75, 3.05) is 13.2 Å². The van der Waals surface area contributed by atoms with Crippen molar-refractivity contribution in [2.45, 2.75) is 136 Å². The molecule has 5 fully saturated rings. The molecule has 1 heterocycles. The van der Waals surface area contributed by atoms with E-state index in [0.717, 1.165) is 12.8 Å². The summed E-state index contributed by atoms with van der Waals surface area (Å²) in [5.74, 6) is -0.905. The second-order valence-corrected chi connectivity index (χ2v) is 17.6. The van der Waals surface area contributed by atoms with Gasteiger partial charge in [0.15, 0.2) is 0 Å². The summed E-state index contributed by atoms with van der Waals surface area (Å²) in [5.41, 5.74) is -2.01. The molecule has 45 heavy (non-hydrogen) atoms. The van der Waals surface area contributed by atoms with Crippen molar-refractivity contribution in [3.63, 3.8) is 0 Å². The van der Waals surface area contributed by atoms with Crippen molar-refractivity contribution in [3.8, 4) is 0 Å². The van der Waals surface area contributed by atoms with Gasteiger partial charge in [0.2, 0.25) is 6.29 Å². The topological polar surface area (TPSA) is 177 Å². The van der Waals surface area contributed by atoms with Gasteiger partial charge in [-0.15, -0.1) is 0 Å². The predicted molar refractivity (Wildman–Crippen MR) is 163 cm³/mol. The molecule has 0 aromatic heterocycles. The summed E-state index contributed by atoms with van der Waals surface area (Å²) in [7, 11) is 0. The second kappa shape index (κ2) is 10.7. The van der Waals surface area contributed by atoms with Gasteiger partial charge in [-0.3, -0.25) is 4.79 Å². The molecular formula is C35H56O10. The van der Waals surface area contributed by atoms with Crippen LogP contribution in [0.2, 0.25) is 0 Å². The minimum Gasteiger partial charge on any atom is -0.432 e. The van der Waals surface area contributed by atoms with E-state index in [2.05, 4.69) is 40.7 Å². The van der Waals surface area contributed by atoms with Gasteiger partial charge in [0.25, 0.3) is 0 Å². The number of hydrogen-bond donors (Lipinski definition) is 7. The number of hydrogen-bond acceptors (Lipinski definition) is 10. The normalized spacial score (nSPS) is 55.7.